The largest absolute Gasteiger partial charge is 0.480 e. The first-order chi connectivity index (χ1) is 11.6. The summed E-state index contributed by atoms with van der Waals surface area (Å²) in [7, 11) is 1.48. The molecular weight excluding hydrogens is 311 g/mol. The van der Waals surface area contributed by atoms with E-state index < -0.39 is 0 Å². The van der Waals surface area contributed by atoms with Crippen molar-refractivity contribution in [3.8, 4) is 5.88 Å². The van der Waals surface area contributed by atoms with Gasteiger partial charge in [0.05, 0.1) is 18.5 Å². The zero-order chi connectivity index (χ0) is 17.1. The summed E-state index contributed by atoms with van der Waals surface area (Å²) in [5.41, 5.74) is 1.63. The minimum Gasteiger partial charge on any atom is -0.480 e. The van der Waals surface area contributed by atoms with Crippen molar-refractivity contribution >= 4 is 17.3 Å². The highest BCUT2D eigenvalue weighted by atomic mass is 19.1. The van der Waals surface area contributed by atoms with Crippen LogP contribution in [-0.4, -0.2) is 42.8 Å². The molecule has 2 aromatic rings. The predicted octanol–water partition coefficient (Wildman–Crippen LogP) is 2.50. The molecule has 0 atom stereocenters. The number of amides is 1. The molecule has 2 heterocycles. The van der Waals surface area contributed by atoms with Gasteiger partial charge >= 0.3 is 0 Å². The highest BCUT2D eigenvalue weighted by Gasteiger charge is 2.28. The van der Waals surface area contributed by atoms with Crippen LogP contribution in [0.15, 0.2) is 30.3 Å². The van der Waals surface area contributed by atoms with Crippen LogP contribution in [-0.2, 0) is 0 Å². The van der Waals surface area contributed by atoms with Gasteiger partial charge in [-0.25, -0.2) is 4.39 Å². The quantitative estimate of drug-likeness (QED) is 0.862. The maximum Gasteiger partial charge on any atom is 0.278 e. The van der Waals surface area contributed by atoms with Crippen LogP contribution >= 0.6 is 0 Å². The Balaban J connectivity index is 1.94. The summed E-state index contributed by atoms with van der Waals surface area (Å²) in [4.78, 5) is 16.5. The van der Waals surface area contributed by atoms with Crippen molar-refractivity contribution in [3.05, 3.63) is 41.8 Å². The topological polar surface area (TPSA) is 58.6 Å². The number of hydrogen-bond acceptors (Lipinski definition) is 5. The van der Waals surface area contributed by atoms with E-state index >= 15 is 0 Å². The van der Waals surface area contributed by atoms with E-state index in [1.165, 1.54) is 19.2 Å². The highest BCUT2D eigenvalue weighted by molar-refractivity contribution is 6.07. The van der Waals surface area contributed by atoms with Gasteiger partial charge in [0.1, 0.15) is 5.82 Å². The fourth-order valence-electron chi connectivity index (χ4n) is 2.84. The standard InChI is InChI=1S/C17H19FN4O2/c1-3-8-21-9-10-22(15-11-12(18)4-6-14(15)21)17(23)13-5-7-16(24-2)20-19-13/h4-7,11H,3,8-10H2,1-2H3. The molecule has 0 unspecified atom stereocenters. The fourth-order valence-corrected chi connectivity index (χ4v) is 2.84. The summed E-state index contributed by atoms with van der Waals surface area (Å²) in [6.45, 7) is 4.13. The van der Waals surface area contributed by atoms with Crippen molar-refractivity contribution < 1.29 is 13.9 Å². The average molecular weight is 330 g/mol. The Morgan fingerprint density at radius 2 is 2.04 bits per heavy atom. The second-order valence-electron chi connectivity index (χ2n) is 5.54. The molecule has 0 fully saturated rings. The number of methoxy groups -OCH3 is 1. The number of ether oxygens (including phenoxy) is 1. The molecule has 6 nitrogen and oxygen atoms in total. The van der Waals surface area contributed by atoms with E-state index in [0.29, 0.717) is 24.7 Å². The van der Waals surface area contributed by atoms with Crippen LogP contribution in [0.4, 0.5) is 15.8 Å². The Labute approximate surface area is 139 Å². The fraction of sp³-hybridized carbons (Fsp3) is 0.353. The molecule has 24 heavy (non-hydrogen) atoms. The molecule has 1 aromatic heterocycles. The molecule has 1 aliphatic rings. The van der Waals surface area contributed by atoms with E-state index in [9.17, 15) is 9.18 Å². The van der Waals surface area contributed by atoms with Gasteiger partial charge in [-0.05, 0) is 30.7 Å². The van der Waals surface area contributed by atoms with Crippen LogP contribution in [0.5, 0.6) is 5.88 Å². The van der Waals surface area contributed by atoms with Gasteiger partial charge in [0, 0.05) is 25.7 Å². The number of benzene rings is 1. The van der Waals surface area contributed by atoms with Gasteiger partial charge in [0.2, 0.25) is 5.88 Å². The number of hydrogen-bond donors (Lipinski definition) is 0. The Kier molecular flexibility index (Phi) is 4.59. The van der Waals surface area contributed by atoms with Crippen LogP contribution in [0.2, 0.25) is 0 Å². The first-order valence-electron chi connectivity index (χ1n) is 7.88. The van der Waals surface area contributed by atoms with Gasteiger partial charge in [-0.3, -0.25) is 4.79 Å². The summed E-state index contributed by atoms with van der Waals surface area (Å²) >= 11 is 0. The number of nitrogens with zero attached hydrogens (tertiary/aromatic N) is 4. The average Bonchev–Trinajstić information content (AvgIpc) is 2.61. The number of carbonyl (C=O) groups excluding carboxylic acids is 1. The zero-order valence-corrected chi connectivity index (χ0v) is 13.7. The maximum absolute atomic E-state index is 13.7. The maximum atomic E-state index is 13.7. The van der Waals surface area contributed by atoms with Gasteiger partial charge in [-0.1, -0.05) is 6.92 Å². The third kappa shape index (κ3) is 3.02. The van der Waals surface area contributed by atoms with E-state index in [1.54, 1.807) is 23.1 Å². The van der Waals surface area contributed by atoms with Gasteiger partial charge in [-0.15, -0.1) is 10.2 Å². The number of anilines is 2. The summed E-state index contributed by atoms with van der Waals surface area (Å²) < 4.78 is 18.7. The summed E-state index contributed by atoms with van der Waals surface area (Å²) in [6.07, 6.45) is 0.981. The Bertz CT molecular complexity index is 736. The van der Waals surface area contributed by atoms with Crippen molar-refractivity contribution in [2.75, 3.05) is 36.5 Å². The minimum absolute atomic E-state index is 0.204. The summed E-state index contributed by atoms with van der Waals surface area (Å²) in [5.74, 6) is -0.329. The second-order valence-corrected chi connectivity index (χ2v) is 5.54. The highest BCUT2D eigenvalue weighted by Crippen LogP contribution is 2.34. The van der Waals surface area contributed by atoms with E-state index in [1.807, 2.05) is 0 Å². The molecule has 0 spiro atoms. The molecular formula is C17H19FN4O2. The number of halogens is 1. The second kappa shape index (κ2) is 6.82. The van der Waals surface area contributed by atoms with Crippen molar-refractivity contribution in [2.45, 2.75) is 13.3 Å². The number of rotatable bonds is 4. The van der Waals surface area contributed by atoms with Gasteiger partial charge in [0.25, 0.3) is 5.91 Å². The Morgan fingerprint density at radius 1 is 1.21 bits per heavy atom. The van der Waals surface area contributed by atoms with E-state index in [0.717, 1.165) is 18.7 Å². The molecule has 0 saturated carbocycles. The molecule has 3 rings (SSSR count). The zero-order valence-electron chi connectivity index (χ0n) is 13.7. The Morgan fingerprint density at radius 3 is 2.71 bits per heavy atom. The smallest absolute Gasteiger partial charge is 0.278 e. The van der Waals surface area contributed by atoms with Crippen LogP contribution < -0.4 is 14.5 Å². The van der Waals surface area contributed by atoms with Gasteiger partial charge in [0.15, 0.2) is 5.69 Å². The molecule has 0 radical (unpaired) electrons. The van der Waals surface area contributed by atoms with E-state index in [4.69, 9.17) is 4.74 Å². The lowest BCUT2D eigenvalue weighted by Gasteiger charge is -2.37. The van der Waals surface area contributed by atoms with Crippen LogP contribution in [0, 0.1) is 5.82 Å². The lowest BCUT2D eigenvalue weighted by Crippen LogP contribution is -2.44. The summed E-state index contributed by atoms with van der Waals surface area (Å²) in [5, 5.41) is 7.73. The monoisotopic (exact) mass is 330 g/mol. The van der Waals surface area contributed by atoms with Crippen molar-refractivity contribution in [2.24, 2.45) is 0 Å². The Hall–Kier alpha value is -2.70. The molecule has 0 N–H and O–H groups in total. The predicted molar refractivity (Wildman–Crippen MR) is 89.2 cm³/mol. The molecule has 7 heteroatoms. The van der Waals surface area contributed by atoms with E-state index in [2.05, 4.69) is 22.0 Å². The number of fused-ring (bicyclic) bond motifs is 1. The molecule has 1 amide bonds. The van der Waals surface area contributed by atoms with Gasteiger partial charge in [-0.2, -0.15) is 0 Å². The van der Waals surface area contributed by atoms with Crippen LogP contribution in [0.25, 0.3) is 0 Å². The lowest BCUT2D eigenvalue weighted by atomic mass is 10.1. The van der Waals surface area contributed by atoms with Crippen molar-refractivity contribution in [3.63, 3.8) is 0 Å². The normalized spacial score (nSPS) is 13.6. The molecule has 1 aliphatic heterocycles. The van der Waals surface area contributed by atoms with Crippen molar-refractivity contribution in [1.82, 2.24) is 10.2 Å². The molecule has 1 aromatic carbocycles. The van der Waals surface area contributed by atoms with Crippen LogP contribution in [0.1, 0.15) is 23.8 Å². The molecule has 126 valence electrons. The summed E-state index contributed by atoms with van der Waals surface area (Å²) in [6, 6.07) is 7.68. The SMILES string of the molecule is CCCN1CCN(C(=O)c2ccc(OC)nn2)c2cc(F)ccc21. The third-order valence-corrected chi connectivity index (χ3v) is 3.97. The van der Waals surface area contributed by atoms with Crippen molar-refractivity contribution in [1.29, 1.82) is 0 Å². The third-order valence-electron chi connectivity index (χ3n) is 3.97. The van der Waals surface area contributed by atoms with E-state index in [-0.39, 0.29) is 17.4 Å². The molecule has 0 saturated heterocycles. The lowest BCUT2D eigenvalue weighted by molar-refractivity contribution is 0.0980. The van der Waals surface area contributed by atoms with Crippen LogP contribution in [0.3, 0.4) is 0 Å². The number of carbonyl (C=O) groups is 1. The van der Waals surface area contributed by atoms with Gasteiger partial charge < -0.3 is 14.5 Å². The molecule has 0 aliphatic carbocycles. The molecule has 0 bridgehead atoms. The minimum atomic E-state index is -0.370. The first-order valence-corrected chi connectivity index (χ1v) is 7.88. The first kappa shape index (κ1) is 16.2. The number of aromatic nitrogens is 2.